The Bertz CT molecular complexity index is 564. The summed E-state index contributed by atoms with van der Waals surface area (Å²) in [4.78, 5) is 34.4. The van der Waals surface area contributed by atoms with Gasteiger partial charge in [-0.3, -0.25) is 14.4 Å². The molecule has 0 amide bonds. The van der Waals surface area contributed by atoms with E-state index in [1.807, 2.05) is 0 Å². The van der Waals surface area contributed by atoms with Gasteiger partial charge in [-0.2, -0.15) is 0 Å². The van der Waals surface area contributed by atoms with Crippen molar-refractivity contribution < 1.29 is 34.1 Å². The molecular weight excluding hydrogens is 484 g/mol. The standard InChI is InChI=1S/C31H58O7/c1-2-3-4-5-6-7-8-13-16-19-22-25-31(36)38-28(26-32)27-37-30(35)24-21-18-15-12-10-9-11-14-17-20-23-29(33)34/h28,32H,2-27H2,1H3,(H,33,34). The molecule has 0 radical (unpaired) electrons. The summed E-state index contributed by atoms with van der Waals surface area (Å²) in [7, 11) is 0. The Kier molecular flexibility index (Phi) is 27.2. The first-order valence-electron chi connectivity index (χ1n) is 15.7. The number of hydrogen-bond acceptors (Lipinski definition) is 6. The molecule has 7 heteroatoms. The van der Waals surface area contributed by atoms with Crippen LogP contribution in [0.1, 0.15) is 161 Å². The quantitative estimate of drug-likeness (QED) is 0.0730. The number of hydrogen-bond donors (Lipinski definition) is 2. The van der Waals surface area contributed by atoms with Gasteiger partial charge in [0.25, 0.3) is 0 Å². The summed E-state index contributed by atoms with van der Waals surface area (Å²) in [5.74, 6) is -1.36. The van der Waals surface area contributed by atoms with Crippen LogP contribution in [0.3, 0.4) is 0 Å². The molecule has 0 spiro atoms. The van der Waals surface area contributed by atoms with Crippen LogP contribution in [0.5, 0.6) is 0 Å². The van der Waals surface area contributed by atoms with Crippen molar-refractivity contribution in [2.75, 3.05) is 13.2 Å². The number of carbonyl (C=O) groups is 3. The van der Waals surface area contributed by atoms with Crippen molar-refractivity contribution in [2.24, 2.45) is 0 Å². The lowest BCUT2D eigenvalue weighted by molar-refractivity contribution is -0.161. The van der Waals surface area contributed by atoms with Gasteiger partial charge in [-0.25, -0.2) is 0 Å². The average molecular weight is 543 g/mol. The number of carbonyl (C=O) groups excluding carboxylic acids is 2. The predicted octanol–water partition coefficient (Wildman–Crippen LogP) is 7.90. The SMILES string of the molecule is CCCCCCCCCCCCCC(=O)OC(CO)COC(=O)CCCCCCCCCCCCC(=O)O. The van der Waals surface area contributed by atoms with Crippen molar-refractivity contribution >= 4 is 17.9 Å². The van der Waals surface area contributed by atoms with E-state index in [4.69, 9.17) is 14.6 Å². The highest BCUT2D eigenvalue weighted by Crippen LogP contribution is 2.14. The highest BCUT2D eigenvalue weighted by Gasteiger charge is 2.16. The van der Waals surface area contributed by atoms with Crippen molar-refractivity contribution in [3.8, 4) is 0 Å². The smallest absolute Gasteiger partial charge is 0.306 e. The fraction of sp³-hybridized carbons (Fsp3) is 0.903. The summed E-state index contributed by atoms with van der Waals surface area (Å²) in [6.07, 6.45) is 23.9. The predicted molar refractivity (Wildman–Crippen MR) is 152 cm³/mol. The summed E-state index contributed by atoms with van der Waals surface area (Å²) in [6.45, 7) is 1.80. The Balaban J connectivity index is 3.56. The minimum Gasteiger partial charge on any atom is -0.481 e. The lowest BCUT2D eigenvalue weighted by Gasteiger charge is -2.15. The Hall–Kier alpha value is -1.63. The number of aliphatic hydroxyl groups excluding tert-OH is 1. The number of carboxylic acid groups (broad SMARTS) is 1. The second-order valence-corrected chi connectivity index (χ2v) is 10.7. The van der Waals surface area contributed by atoms with E-state index in [9.17, 15) is 19.5 Å². The topological polar surface area (TPSA) is 110 Å². The molecule has 0 aliphatic rings. The van der Waals surface area contributed by atoms with Gasteiger partial charge in [0.15, 0.2) is 6.10 Å². The molecule has 0 aromatic rings. The maximum atomic E-state index is 12.0. The van der Waals surface area contributed by atoms with Crippen molar-refractivity contribution in [3.05, 3.63) is 0 Å². The first-order valence-corrected chi connectivity index (χ1v) is 15.7. The van der Waals surface area contributed by atoms with Gasteiger partial charge >= 0.3 is 17.9 Å². The summed E-state index contributed by atoms with van der Waals surface area (Å²) in [6, 6.07) is 0. The third-order valence-electron chi connectivity index (χ3n) is 6.94. The molecule has 1 unspecified atom stereocenters. The lowest BCUT2D eigenvalue weighted by atomic mass is 10.1. The van der Waals surface area contributed by atoms with Crippen LogP contribution >= 0.6 is 0 Å². The highest BCUT2D eigenvalue weighted by atomic mass is 16.6. The van der Waals surface area contributed by atoms with Crippen LogP contribution in [-0.4, -0.2) is 47.4 Å². The summed E-state index contributed by atoms with van der Waals surface area (Å²) >= 11 is 0. The third kappa shape index (κ3) is 27.4. The normalized spacial score (nSPS) is 11.8. The van der Waals surface area contributed by atoms with Crippen molar-refractivity contribution in [3.63, 3.8) is 0 Å². The molecule has 2 N–H and O–H groups in total. The Morgan fingerprint density at radius 3 is 1.32 bits per heavy atom. The number of aliphatic hydroxyl groups is 1. The average Bonchev–Trinajstić information content (AvgIpc) is 2.90. The van der Waals surface area contributed by atoms with E-state index in [0.717, 1.165) is 70.6 Å². The number of carboxylic acids is 1. The Morgan fingerprint density at radius 2 is 0.921 bits per heavy atom. The third-order valence-corrected chi connectivity index (χ3v) is 6.94. The summed E-state index contributed by atoms with van der Waals surface area (Å²) in [5, 5.41) is 18.1. The number of unbranched alkanes of at least 4 members (excludes halogenated alkanes) is 19. The molecular formula is C31H58O7. The summed E-state index contributed by atoms with van der Waals surface area (Å²) < 4.78 is 10.5. The second kappa shape index (κ2) is 28.4. The maximum absolute atomic E-state index is 12.0. The molecule has 0 aliphatic carbocycles. The van der Waals surface area contributed by atoms with Gasteiger partial charge in [0, 0.05) is 19.3 Å². The maximum Gasteiger partial charge on any atom is 0.306 e. The molecule has 0 rings (SSSR count). The van der Waals surface area contributed by atoms with Gasteiger partial charge in [0.2, 0.25) is 0 Å². The molecule has 1 atom stereocenters. The van der Waals surface area contributed by atoms with E-state index in [2.05, 4.69) is 6.92 Å². The van der Waals surface area contributed by atoms with Crippen LogP contribution in [0.25, 0.3) is 0 Å². The van der Waals surface area contributed by atoms with E-state index in [1.165, 1.54) is 64.2 Å². The van der Waals surface area contributed by atoms with Gasteiger partial charge in [-0.15, -0.1) is 0 Å². The monoisotopic (exact) mass is 542 g/mol. The first-order chi connectivity index (χ1) is 18.5. The molecule has 0 aromatic carbocycles. The Morgan fingerprint density at radius 1 is 0.553 bits per heavy atom. The van der Waals surface area contributed by atoms with Crippen molar-refractivity contribution in [1.82, 2.24) is 0 Å². The van der Waals surface area contributed by atoms with Crippen LogP contribution in [0.15, 0.2) is 0 Å². The molecule has 0 saturated heterocycles. The van der Waals surface area contributed by atoms with Crippen LogP contribution in [0.2, 0.25) is 0 Å². The van der Waals surface area contributed by atoms with E-state index >= 15 is 0 Å². The van der Waals surface area contributed by atoms with Crippen LogP contribution < -0.4 is 0 Å². The van der Waals surface area contributed by atoms with Gasteiger partial charge in [0.05, 0.1) is 6.61 Å². The number of ether oxygens (including phenoxy) is 2. The minimum absolute atomic E-state index is 0.0915. The number of rotatable bonds is 29. The zero-order valence-electron chi connectivity index (χ0n) is 24.4. The molecule has 224 valence electrons. The molecule has 0 aliphatic heterocycles. The van der Waals surface area contributed by atoms with Crippen molar-refractivity contribution in [1.29, 1.82) is 0 Å². The largest absolute Gasteiger partial charge is 0.481 e. The molecule has 0 fully saturated rings. The number of esters is 2. The fourth-order valence-electron chi connectivity index (χ4n) is 4.52. The summed E-state index contributed by atoms with van der Waals surface area (Å²) in [5.41, 5.74) is 0. The van der Waals surface area contributed by atoms with E-state index < -0.39 is 12.1 Å². The zero-order valence-corrected chi connectivity index (χ0v) is 24.4. The first kappa shape index (κ1) is 36.4. The fourth-order valence-corrected chi connectivity index (χ4v) is 4.52. The van der Waals surface area contributed by atoms with Gasteiger partial charge in [0.1, 0.15) is 6.61 Å². The Labute approximate surface area is 232 Å². The van der Waals surface area contributed by atoms with Crippen molar-refractivity contribution in [2.45, 2.75) is 167 Å². The van der Waals surface area contributed by atoms with Gasteiger partial charge in [-0.05, 0) is 19.3 Å². The molecule has 0 bridgehead atoms. The van der Waals surface area contributed by atoms with Gasteiger partial charge < -0.3 is 19.7 Å². The highest BCUT2D eigenvalue weighted by molar-refractivity contribution is 5.70. The van der Waals surface area contributed by atoms with Crippen LogP contribution in [-0.2, 0) is 23.9 Å². The second-order valence-electron chi connectivity index (χ2n) is 10.7. The van der Waals surface area contributed by atoms with Gasteiger partial charge in [-0.1, -0.05) is 122 Å². The van der Waals surface area contributed by atoms with Crippen LogP contribution in [0.4, 0.5) is 0 Å². The molecule has 0 aromatic heterocycles. The minimum atomic E-state index is -0.789. The zero-order chi connectivity index (χ0) is 28.1. The number of aliphatic carboxylic acids is 1. The van der Waals surface area contributed by atoms with E-state index in [1.54, 1.807) is 0 Å². The molecule has 38 heavy (non-hydrogen) atoms. The molecule has 7 nitrogen and oxygen atoms in total. The molecule has 0 saturated carbocycles. The molecule has 0 heterocycles. The van der Waals surface area contributed by atoms with Crippen LogP contribution in [0, 0.1) is 0 Å². The van der Waals surface area contributed by atoms with E-state index in [0.29, 0.717) is 12.8 Å². The van der Waals surface area contributed by atoms with E-state index in [-0.39, 0.29) is 31.6 Å². The lowest BCUT2D eigenvalue weighted by Crippen LogP contribution is -2.28.